The second-order valence-corrected chi connectivity index (χ2v) is 6.36. The van der Waals surface area contributed by atoms with Gasteiger partial charge < -0.3 is 4.42 Å². The van der Waals surface area contributed by atoms with Crippen LogP contribution in [0.25, 0.3) is 11.1 Å². The molecule has 2 aromatic carbocycles. The Hall–Kier alpha value is -2.60. The first-order chi connectivity index (χ1) is 11.8. The van der Waals surface area contributed by atoms with Crippen molar-refractivity contribution in [1.29, 1.82) is 0 Å². The number of amides is 1. The van der Waals surface area contributed by atoms with Crippen molar-refractivity contribution in [2.75, 3.05) is 5.75 Å². The largest absolute Gasteiger partial charge is 0.431 e. The van der Waals surface area contributed by atoms with E-state index in [1.807, 2.05) is 54.6 Å². The first-order valence-electron chi connectivity index (χ1n) is 7.69. The number of carbonyl (C=O) groups is 1. The fraction of sp³-hybridized carbons (Fsp3) is 0.167. The van der Waals surface area contributed by atoms with E-state index in [1.54, 1.807) is 11.2 Å². The molecule has 0 radical (unpaired) electrons. The number of fused-ring (bicyclic) bond motifs is 1. The molecule has 0 N–H and O–H groups in total. The molecule has 0 saturated heterocycles. The van der Waals surface area contributed by atoms with Crippen LogP contribution >= 0.6 is 11.8 Å². The van der Waals surface area contributed by atoms with E-state index in [9.17, 15) is 4.79 Å². The number of hydrogen-bond acceptors (Lipinski definition) is 5. The van der Waals surface area contributed by atoms with E-state index in [1.165, 1.54) is 11.8 Å². The molecular weight excluding hydrogens is 322 g/mol. The minimum atomic E-state index is -0.0511. The van der Waals surface area contributed by atoms with Crippen LogP contribution in [-0.4, -0.2) is 27.9 Å². The van der Waals surface area contributed by atoms with E-state index in [4.69, 9.17) is 4.42 Å². The smallest absolute Gasteiger partial charge is 0.257 e. The molecule has 1 amide bonds. The van der Waals surface area contributed by atoms with Gasteiger partial charge in [0.2, 0.25) is 0 Å². The van der Waals surface area contributed by atoms with Crippen LogP contribution in [0, 0.1) is 0 Å². The van der Waals surface area contributed by atoms with Crippen LogP contribution in [0.1, 0.15) is 18.0 Å². The van der Waals surface area contributed by atoms with Gasteiger partial charge in [-0.1, -0.05) is 54.2 Å². The molecule has 6 heteroatoms. The summed E-state index contributed by atoms with van der Waals surface area (Å²) in [6.45, 7) is 0. The molecule has 1 aliphatic rings. The normalized spacial score (nSPS) is 16.8. The van der Waals surface area contributed by atoms with Crippen molar-refractivity contribution in [3.63, 3.8) is 0 Å². The molecule has 0 unspecified atom stereocenters. The Morgan fingerprint density at radius 3 is 2.79 bits per heavy atom. The maximum Gasteiger partial charge on any atom is 0.257 e. The number of nitrogens with zero attached hydrogens (tertiary/aromatic N) is 3. The van der Waals surface area contributed by atoms with Gasteiger partial charge in [0, 0.05) is 12.6 Å². The van der Waals surface area contributed by atoms with Crippen molar-refractivity contribution < 1.29 is 9.21 Å². The summed E-state index contributed by atoms with van der Waals surface area (Å²) < 4.78 is 5.64. The SMILES string of the molecule is O=C(CSc1nc2ccccc2o1)N1N=CC[C@@H]1c1ccccc1. The molecule has 2 heterocycles. The third kappa shape index (κ3) is 2.92. The Balaban J connectivity index is 1.44. The summed E-state index contributed by atoms with van der Waals surface area (Å²) in [5, 5.41) is 6.31. The lowest BCUT2D eigenvalue weighted by atomic mass is 10.0. The highest BCUT2D eigenvalue weighted by Gasteiger charge is 2.28. The zero-order chi connectivity index (χ0) is 16.4. The molecule has 1 aliphatic heterocycles. The number of aromatic nitrogens is 1. The van der Waals surface area contributed by atoms with Crippen molar-refractivity contribution in [1.82, 2.24) is 9.99 Å². The van der Waals surface area contributed by atoms with Crippen LogP contribution in [0.15, 0.2) is 69.3 Å². The molecule has 5 nitrogen and oxygen atoms in total. The minimum absolute atomic E-state index is 0.0251. The number of thioether (sulfide) groups is 1. The second kappa shape index (κ2) is 6.49. The average Bonchev–Trinajstić information content (AvgIpc) is 3.27. The predicted molar refractivity (Wildman–Crippen MR) is 93.9 cm³/mol. The van der Waals surface area contributed by atoms with Gasteiger partial charge >= 0.3 is 0 Å². The maximum atomic E-state index is 12.5. The lowest BCUT2D eigenvalue weighted by Gasteiger charge is -2.21. The molecule has 4 rings (SSSR count). The van der Waals surface area contributed by atoms with Crippen LogP contribution in [0.4, 0.5) is 0 Å². The number of para-hydroxylation sites is 2. The number of oxazole rings is 1. The molecule has 0 saturated carbocycles. The van der Waals surface area contributed by atoms with Gasteiger partial charge in [-0.2, -0.15) is 5.10 Å². The Morgan fingerprint density at radius 2 is 1.96 bits per heavy atom. The molecule has 1 aromatic heterocycles. The summed E-state index contributed by atoms with van der Waals surface area (Å²) in [5.74, 6) is 0.192. The molecule has 0 fully saturated rings. The molecule has 1 atom stereocenters. The van der Waals surface area contributed by atoms with Gasteiger partial charge in [0.1, 0.15) is 5.52 Å². The highest BCUT2D eigenvalue weighted by Crippen LogP contribution is 2.30. The summed E-state index contributed by atoms with van der Waals surface area (Å²) >= 11 is 1.30. The van der Waals surface area contributed by atoms with E-state index in [2.05, 4.69) is 10.1 Å². The van der Waals surface area contributed by atoms with E-state index < -0.39 is 0 Å². The van der Waals surface area contributed by atoms with Crippen molar-refractivity contribution >= 4 is 35.0 Å². The summed E-state index contributed by atoms with van der Waals surface area (Å²) in [6, 6.07) is 17.5. The number of benzene rings is 2. The molecule has 0 aliphatic carbocycles. The summed E-state index contributed by atoms with van der Waals surface area (Å²) in [6.07, 6.45) is 2.53. The summed E-state index contributed by atoms with van der Waals surface area (Å²) in [7, 11) is 0. The van der Waals surface area contributed by atoms with Gasteiger partial charge in [0.25, 0.3) is 11.1 Å². The summed E-state index contributed by atoms with van der Waals surface area (Å²) in [4.78, 5) is 16.9. The Morgan fingerprint density at radius 1 is 1.17 bits per heavy atom. The molecule has 24 heavy (non-hydrogen) atoms. The first-order valence-corrected chi connectivity index (χ1v) is 8.67. The monoisotopic (exact) mass is 337 g/mol. The topological polar surface area (TPSA) is 58.7 Å². The van der Waals surface area contributed by atoms with Gasteiger partial charge in [-0.25, -0.2) is 9.99 Å². The fourth-order valence-corrected chi connectivity index (χ4v) is 3.40. The second-order valence-electron chi connectivity index (χ2n) is 5.43. The minimum Gasteiger partial charge on any atom is -0.431 e. The number of carbonyl (C=O) groups excluding carboxylic acids is 1. The quantitative estimate of drug-likeness (QED) is 0.678. The maximum absolute atomic E-state index is 12.5. The van der Waals surface area contributed by atoms with Gasteiger partial charge in [-0.15, -0.1) is 0 Å². The van der Waals surface area contributed by atoms with E-state index in [-0.39, 0.29) is 17.7 Å². The predicted octanol–water partition coefficient (Wildman–Crippen LogP) is 3.88. The van der Waals surface area contributed by atoms with Gasteiger partial charge in [-0.05, 0) is 17.7 Å². The lowest BCUT2D eigenvalue weighted by molar-refractivity contribution is -0.130. The Bertz CT molecular complexity index is 858. The van der Waals surface area contributed by atoms with E-state index in [0.717, 1.165) is 23.1 Å². The van der Waals surface area contributed by atoms with Crippen molar-refractivity contribution in [2.45, 2.75) is 17.7 Å². The van der Waals surface area contributed by atoms with Crippen LogP contribution in [0.2, 0.25) is 0 Å². The standard InChI is InChI=1S/C18H15N3O2S/c22-17(12-24-18-20-14-8-4-5-9-16(14)23-18)21-15(10-11-19-21)13-6-2-1-3-7-13/h1-9,11,15H,10,12H2/t15-/m1/s1. The number of rotatable bonds is 4. The van der Waals surface area contributed by atoms with Crippen molar-refractivity contribution in [3.8, 4) is 0 Å². The van der Waals surface area contributed by atoms with Crippen LogP contribution in [-0.2, 0) is 4.79 Å². The van der Waals surface area contributed by atoms with Gasteiger partial charge in [-0.3, -0.25) is 4.79 Å². The highest BCUT2D eigenvalue weighted by molar-refractivity contribution is 7.99. The molecule has 0 spiro atoms. The lowest BCUT2D eigenvalue weighted by Crippen LogP contribution is -2.28. The number of hydrazone groups is 1. The third-order valence-electron chi connectivity index (χ3n) is 3.86. The van der Waals surface area contributed by atoms with Crippen LogP contribution in [0.5, 0.6) is 0 Å². The molecule has 120 valence electrons. The zero-order valence-corrected chi connectivity index (χ0v) is 13.6. The van der Waals surface area contributed by atoms with Gasteiger partial charge in [0.05, 0.1) is 11.8 Å². The molecule has 0 bridgehead atoms. The van der Waals surface area contributed by atoms with E-state index in [0.29, 0.717) is 5.22 Å². The highest BCUT2D eigenvalue weighted by atomic mass is 32.2. The Labute approximate surface area is 143 Å². The average molecular weight is 337 g/mol. The third-order valence-corrected chi connectivity index (χ3v) is 4.68. The van der Waals surface area contributed by atoms with E-state index >= 15 is 0 Å². The summed E-state index contributed by atoms with van der Waals surface area (Å²) in [5.41, 5.74) is 2.62. The first kappa shape index (κ1) is 15.0. The van der Waals surface area contributed by atoms with Crippen molar-refractivity contribution in [3.05, 3.63) is 60.2 Å². The Kier molecular flexibility index (Phi) is 4.04. The van der Waals surface area contributed by atoms with Crippen LogP contribution < -0.4 is 0 Å². The molecule has 3 aromatic rings. The number of hydrogen-bond donors (Lipinski definition) is 0. The molecular formula is C18H15N3O2S. The zero-order valence-electron chi connectivity index (χ0n) is 12.8. The van der Waals surface area contributed by atoms with Crippen molar-refractivity contribution in [2.24, 2.45) is 5.10 Å². The fourth-order valence-electron chi connectivity index (χ4n) is 2.71. The van der Waals surface area contributed by atoms with Gasteiger partial charge in [0.15, 0.2) is 5.58 Å². The van der Waals surface area contributed by atoms with Crippen LogP contribution in [0.3, 0.4) is 0 Å².